The summed E-state index contributed by atoms with van der Waals surface area (Å²) < 4.78 is 41.3. The zero-order valence-electron chi connectivity index (χ0n) is 11.6. The van der Waals surface area contributed by atoms with Crippen LogP contribution in [0.5, 0.6) is 0 Å². The average Bonchev–Trinajstić information content (AvgIpc) is 2.45. The normalized spacial score (nSPS) is 16.8. The van der Waals surface area contributed by atoms with Crippen molar-refractivity contribution in [2.45, 2.75) is 32.6 Å². The van der Waals surface area contributed by atoms with E-state index in [0.717, 1.165) is 6.42 Å². The average molecular weight is 275 g/mol. The third-order valence-corrected chi connectivity index (χ3v) is 3.40. The van der Waals surface area contributed by atoms with Crippen LogP contribution in [-0.4, -0.2) is 24.6 Å². The van der Waals surface area contributed by atoms with Crippen molar-refractivity contribution in [3.63, 3.8) is 0 Å². The highest BCUT2D eigenvalue weighted by molar-refractivity contribution is 6.50. The molecule has 1 aliphatic heterocycles. The van der Waals surface area contributed by atoms with Gasteiger partial charge in [-0.1, -0.05) is 25.1 Å². The van der Waals surface area contributed by atoms with E-state index >= 15 is 0 Å². The quantitative estimate of drug-likeness (QED) is 0.406. The molecule has 0 spiro atoms. The van der Waals surface area contributed by atoms with Crippen LogP contribution in [0.2, 0.25) is 0 Å². The SMILES string of the molecule is CCC1=[N+](C)c2ccccc2C1(C)C.F[B-](F)(F)F. The largest absolute Gasteiger partial charge is 0.673 e. The molecule has 1 heterocycles. The van der Waals surface area contributed by atoms with Crippen LogP contribution in [0.15, 0.2) is 24.3 Å². The van der Waals surface area contributed by atoms with Gasteiger partial charge in [-0.15, -0.1) is 0 Å². The van der Waals surface area contributed by atoms with E-state index in [1.54, 1.807) is 0 Å². The second kappa shape index (κ2) is 5.35. The van der Waals surface area contributed by atoms with E-state index in [1.807, 2.05) is 0 Å². The third kappa shape index (κ3) is 3.58. The summed E-state index contributed by atoms with van der Waals surface area (Å²) in [6, 6.07) is 8.70. The van der Waals surface area contributed by atoms with Gasteiger partial charge in [0.25, 0.3) is 0 Å². The van der Waals surface area contributed by atoms with Crippen molar-refractivity contribution in [3.05, 3.63) is 29.8 Å². The Balaban J connectivity index is 0.000000312. The summed E-state index contributed by atoms with van der Waals surface area (Å²) in [6.07, 6.45) is 1.12. The van der Waals surface area contributed by atoms with Gasteiger partial charge in [0.1, 0.15) is 7.05 Å². The minimum atomic E-state index is -6.00. The smallest absolute Gasteiger partial charge is 0.418 e. The third-order valence-electron chi connectivity index (χ3n) is 3.40. The first kappa shape index (κ1) is 15.7. The molecule has 1 aromatic rings. The summed E-state index contributed by atoms with van der Waals surface area (Å²) in [7, 11) is -3.83. The Kier molecular flexibility index (Phi) is 4.43. The molecule has 19 heavy (non-hydrogen) atoms. The first-order valence-corrected chi connectivity index (χ1v) is 6.16. The fourth-order valence-electron chi connectivity index (χ4n) is 2.69. The molecule has 1 aliphatic rings. The molecular weight excluding hydrogens is 257 g/mol. The Morgan fingerprint density at radius 1 is 1.11 bits per heavy atom. The molecule has 1 nitrogen and oxygen atoms in total. The second-order valence-corrected chi connectivity index (χ2v) is 5.00. The molecule has 0 fully saturated rings. The lowest BCUT2D eigenvalue weighted by Gasteiger charge is -2.16. The number of benzene rings is 1. The Bertz CT molecular complexity index is 486. The maximum Gasteiger partial charge on any atom is 0.673 e. The van der Waals surface area contributed by atoms with E-state index in [9.17, 15) is 17.3 Å². The number of para-hydroxylation sites is 1. The minimum absolute atomic E-state index is 0.208. The minimum Gasteiger partial charge on any atom is -0.418 e. The molecule has 2 rings (SSSR count). The zero-order chi connectivity index (χ0) is 14.8. The summed E-state index contributed by atoms with van der Waals surface area (Å²) in [5.74, 6) is 0. The molecule has 0 amide bonds. The molecule has 0 aliphatic carbocycles. The predicted octanol–water partition coefficient (Wildman–Crippen LogP) is 4.40. The van der Waals surface area contributed by atoms with Crippen LogP contribution in [0.4, 0.5) is 23.0 Å². The highest BCUT2D eigenvalue weighted by Crippen LogP contribution is 2.39. The fraction of sp³-hybridized carbons (Fsp3) is 0.462. The van der Waals surface area contributed by atoms with Gasteiger partial charge in [0.2, 0.25) is 5.69 Å². The van der Waals surface area contributed by atoms with Gasteiger partial charge in [-0.2, -0.15) is 0 Å². The van der Waals surface area contributed by atoms with E-state index < -0.39 is 7.25 Å². The van der Waals surface area contributed by atoms with Crippen molar-refractivity contribution in [1.82, 2.24) is 0 Å². The van der Waals surface area contributed by atoms with Crippen molar-refractivity contribution < 1.29 is 21.8 Å². The van der Waals surface area contributed by atoms with Gasteiger partial charge in [0.15, 0.2) is 5.71 Å². The molecule has 0 saturated heterocycles. The number of halogens is 4. The number of rotatable bonds is 1. The molecule has 0 atom stereocenters. The molecule has 0 bridgehead atoms. The van der Waals surface area contributed by atoms with Gasteiger partial charge >= 0.3 is 7.25 Å². The lowest BCUT2D eigenvalue weighted by Crippen LogP contribution is -2.27. The maximum atomic E-state index is 9.75. The Morgan fingerprint density at radius 3 is 2.00 bits per heavy atom. The number of fused-ring (bicyclic) bond motifs is 1. The van der Waals surface area contributed by atoms with Crippen LogP contribution < -0.4 is 0 Å². The first-order chi connectivity index (χ1) is 8.59. The lowest BCUT2D eigenvalue weighted by atomic mass is 9.81. The van der Waals surface area contributed by atoms with E-state index in [-0.39, 0.29) is 5.41 Å². The molecular formula is C13H18BF4N. The van der Waals surface area contributed by atoms with Crippen molar-refractivity contribution in [1.29, 1.82) is 0 Å². The van der Waals surface area contributed by atoms with Crippen LogP contribution in [-0.2, 0) is 5.41 Å². The van der Waals surface area contributed by atoms with Crippen molar-refractivity contribution >= 4 is 18.7 Å². The molecule has 0 unspecified atom stereocenters. The molecule has 6 heteroatoms. The molecule has 0 N–H and O–H groups in total. The van der Waals surface area contributed by atoms with Crippen molar-refractivity contribution in [3.8, 4) is 0 Å². The Labute approximate surface area is 111 Å². The highest BCUT2D eigenvalue weighted by Gasteiger charge is 2.42. The first-order valence-electron chi connectivity index (χ1n) is 6.16. The van der Waals surface area contributed by atoms with E-state index in [4.69, 9.17) is 0 Å². The fourth-order valence-corrected chi connectivity index (χ4v) is 2.69. The van der Waals surface area contributed by atoms with E-state index in [1.165, 1.54) is 17.0 Å². The molecule has 0 radical (unpaired) electrons. The lowest BCUT2D eigenvalue weighted by molar-refractivity contribution is -0.403. The molecule has 0 aromatic heterocycles. The standard InChI is InChI=1S/C13H18N.BF4/c1-5-12-13(2,3)10-8-6-7-9-11(10)14(12)4;2-1(3,4)5/h6-9H,5H2,1-4H3;/q+1;-1. The summed E-state index contributed by atoms with van der Waals surface area (Å²) in [6.45, 7) is 6.86. The van der Waals surface area contributed by atoms with Crippen LogP contribution in [0.25, 0.3) is 0 Å². The van der Waals surface area contributed by atoms with Gasteiger partial charge < -0.3 is 17.3 Å². The summed E-state index contributed by atoms with van der Waals surface area (Å²) in [4.78, 5) is 0. The topological polar surface area (TPSA) is 3.01 Å². The number of hydrogen-bond donors (Lipinski definition) is 0. The van der Waals surface area contributed by atoms with Crippen molar-refractivity contribution in [2.75, 3.05) is 7.05 Å². The number of hydrogen-bond acceptors (Lipinski definition) is 0. The predicted molar refractivity (Wildman–Crippen MR) is 70.8 cm³/mol. The molecule has 0 saturated carbocycles. The summed E-state index contributed by atoms with van der Waals surface area (Å²) in [5.41, 5.74) is 4.55. The van der Waals surface area contributed by atoms with Crippen LogP contribution in [0, 0.1) is 0 Å². The Morgan fingerprint density at radius 2 is 1.58 bits per heavy atom. The number of nitrogens with zero attached hydrogens (tertiary/aromatic N) is 1. The van der Waals surface area contributed by atoms with E-state index in [0.29, 0.717) is 0 Å². The molecule has 106 valence electrons. The zero-order valence-corrected chi connectivity index (χ0v) is 11.6. The molecule has 1 aromatic carbocycles. The van der Waals surface area contributed by atoms with Gasteiger partial charge in [-0.05, 0) is 13.8 Å². The van der Waals surface area contributed by atoms with Crippen LogP contribution >= 0.6 is 0 Å². The monoisotopic (exact) mass is 275 g/mol. The maximum absolute atomic E-state index is 9.75. The van der Waals surface area contributed by atoms with Crippen LogP contribution in [0.3, 0.4) is 0 Å². The van der Waals surface area contributed by atoms with Gasteiger partial charge in [0, 0.05) is 18.1 Å². The summed E-state index contributed by atoms with van der Waals surface area (Å²) >= 11 is 0. The van der Waals surface area contributed by atoms with Gasteiger partial charge in [-0.25, -0.2) is 4.58 Å². The van der Waals surface area contributed by atoms with Gasteiger partial charge in [-0.3, -0.25) is 0 Å². The van der Waals surface area contributed by atoms with Crippen LogP contribution in [0.1, 0.15) is 32.8 Å². The summed E-state index contributed by atoms with van der Waals surface area (Å²) in [5, 5.41) is 0. The highest BCUT2D eigenvalue weighted by atomic mass is 19.5. The van der Waals surface area contributed by atoms with E-state index in [2.05, 4.69) is 56.7 Å². The second-order valence-electron chi connectivity index (χ2n) is 5.00. The Hall–Kier alpha value is -1.33. The van der Waals surface area contributed by atoms with Crippen molar-refractivity contribution in [2.24, 2.45) is 0 Å². The van der Waals surface area contributed by atoms with Gasteiger partial charge in [0.05, 0.1) is 5.41 Å².